The third-order valence-corrected chi connectivity index (χ3v) is 3.99. The Kier molecular flexibility index (Phi) is 7.22. The molecule has 0 fully saturated rings. The number of thiazole rings is 1. The van der Waals surface area contributed by atoms with Crippen LogP contribution in [-0.4, -0.2) is 23.6 Å². The standard InChI is InChI=1S/C17H21N3O3S/c1-2-23-15(21)10-6-9-14-12-24-17(19-14)20-16(22)18-11-13-7-4-3-5-8-13/h3-5,7-8,12H,2,6,9-11H2,1H3,(H2,18,19,20,22). The molecule has 7 heteroatoms. The van der Waals surface area contributed by atoms with Gasteiger partial charge < -0.3 is 10.1 Å². The van der Waals surface area contributed by atoms with Gasteiger partial charge in [0, 0.05) is 18.3 Å². The molecule has 2 N–H and O–H groups in total. The Labute approximate surface area is 145 Å². The highest BCUT2D eigenvalue weighted by Crippen LogP contribution is 2.17. The van der Waals surface area contributed by atoms with Crippen LogP contribution >= 0.6 is 11.3 Å². The van der Waals surface area contributed by atoms with E-state index in [1.165, 1.54) is 11.3 Å². The molecule has 1 aromatic carbocycles. The molecule has 6 nitrogen and oxygen atoms in total. The van der Waals surface area contributed by atoms with Crippen LogP contribution in [0, 0.1) is 0 Å². The molecule has 0 aliphatic rings. The van der Waals surface area contributed by atoms with Crippen molar-refractivity contribution in [3.8, 4) is 0 Å². The molecule has 128 valence electrons. The molecule has 24 heavy (non-hydrogen) atoms. The molecule has 0 radical (unpaired) electrons. The summed E-state index contributed by atoms with van der Waals surface area (Å²) in [6.45, 7) is 2.66. The van der Waals surface area contributed by atoms with Gasteiger partial charge in [0.1, 0.15) is 0 Å². The van der Waals surface area contributed by atoms with Crippen LogP contribution in [-0.2, 0) is 22.5 Å². The van der Waals surface area contributed by atoms with Crippen molar-refractivity contribution in [2.75, 3.05) is 11.9 Å². The number of nitrogens with one attached hydrogen (secondary N) is 2. The summed E-state index contributed by atoms with van der Waals surface area (Å²) in [5.41, 5.74) is 1.90. The minimum atomic E-state index is -0.286. The molecule has 0 spiro atoms. The topological polar surface area (TPSA) is 80.3 Å². The number of carbonyl (C=O) groups excluding carboxylic acids is 2. The Bertz CT molecular complexity index is 658. The fourth-order valence-electron chi connectivity index (χ4n) is 2.05. The molecule has 0 unspecified atom stereocenters. The van der Waals surface area contributed by atoms with Gasteiger partial charge in [-0.05, 0) is 25.3 Å². The smallest absolute Gasteiger partial charge is 0.321 e. The number of esters is 1. The van der Waals surface area contributed by atoms with E-state index in [0.717, 1.165) is 11.3 Å². The van der Waals surface area contributed by atoms with Crippen molar-refractivity contribution in [1.82, 2.24) is 10.3 Å². The predicted molar refractivity (Wildman–Crippen MR) is 94.0 cm³/mol. The molecule has 0 saturated heterocycles. The van der Waals surface area contributed by atoms with Gasteiger partial charge in [-0.25, -0.2) is 9.78 Å². The van der Waals surface area contributed by atoms with Crippen LogP contribution in [0.25, 0.3) is 0 Å². The van der Waals surface area contributed by atoms with E-state index in [1.807, 2.05) is 35.7 Å². The van der Waals surface area contributed by atoms with Crippen molar-refractivity contribution in [3.63, 3.8) is 0 Å². The molecule has 2 amide bonds. The summed E-state index contributed by atoms with van der Waals surface area (Å²) in [7, 11) is 0. The first kappa shape index (κ1) is 17.9. The van der Waals surface area contributed by atoms with Gasteiger partial charge in [-0.1, -0.05) is 30.3 Å². The number of benzene rings is 1. The highest BCUT2D eigenvalue weighted by Gasteiger charge is 2.08. The molecule has 1 aromatic heterocycles. The van der Waals surface area contributed by atoms with E-state index in [1.54, 1.807) is 6.92 Å². The summed E-state index contributed by atoms with van der Waals surface area (Å²) in [5.74, 6) is -0.189. The first-order chi connectivity index (χ1) is 11.7. The summed E-state index contributed by atoms with van der Waals surface area (Å²) >= 11 is 1.37. The number of hydrogen-bond acceptors (Lipinski definition) is 5. The van der Waals surface area contributed by atoms with Gasteiger partial charge >= 0.3 is 12.0 Å². The zero-order valence-electron chi connectivity index (χ0n) is 13.6. The second-order valence-electron chi connectivity index (χ2n) is 5.10. The summed E-state index contributed by atoms with van der Waals surface area (Å²) in [4.78, 5) is 27.5. The van der Waals surface area contributed by atoms with Crippen molar-refractivity contribution in [3.05, 3.63) is 47.0 Å². The molecule has 0 aliphatic heterocycles. The summed E-state index contributed by atoms with van der Waals surface area (Å²) in [5, 5.41) is 7.94. The molecule has 0 saturated carbocycles. The Morgan fingerprint density at radius 1 is 1.25 bits per heavy atom. The van der Waals surface area contributed by atoms with E-state index in [9.17, 15) is 9.59 Å². The van der Waals surface area contributed by atoms with E-state index in [2.05, 4.69) is 15.6 Å². The summed E-state index contributed by atoms with van der Waals surface area (Å²) in [6, 6.07) is 9.40. The Balaban J connectivity index is 1.70. The number of urea groups is 1. The Morgan fingerprint density at radius 3 is 2.79 bits per heavy atom. The second kappa shape index (κ2) is 9.67. The van der Waals surface area contributed by atoms with Crippen LogP contribution < -0.4 is 10.6 Å². The molecule has 1 heterocycles. The van der Waals surface area contributed by atoms with Gasteiger partial charge in [-0.2, -0.15) is 0 Å². The number of aromatic nitrogens is 1. The largest absolute Gasteiger partial charge is 0.466 e. The minimum absolute atomic E-state index is 0.189. The minimum Gasteiger partial charge on any atom is -0.466 e. The maximum atomic E-state index is 11.9. The van der Waals surface area contributed by atoms with Crippen LogP contribution in [0.2, 0.25) is 0 Å². The maximum Gasteiger partial charge on any atom is 0.321 e. The van der Waals surface area contributed by atoms with Crippen molar-refractivity contribution in [1.29, 1.82) is 0 Å². The van der Waals surface area contributed by atoms with Crippen LogP contribution in [0.4, 0.5) is 9.93 Å². The fourth-order valence-corrected chi connectivity index (χ4v) is 2.79. The third kappa shape index (κ3) is 6.37. The van der Waals surface area contributed by atoms with Crippen LogP contribution in [0.5, 0.6) is 0 Å². The Hall–Kier alpha value is -2.41. The highest BCUT2D eigenvalue weighted by atomic mass is 32.1. The zero-order chi connectivity index (χ0) is 17.2. The lowest BCUT2D eigenvalue weighted by molar-refractivity contribution is -0.143. The molecule has 2 rings (SSSR count). The molecule has 2 aromatic rings. The van der Waals surface area contributed by atoms with E-state index >= 15 is 0 Å². The number of rotatable bonds is 8. The van der Waals surface area contributed by atoms with Crippen molar-refractivity contribution >= 4 is 28.5 Å². The molecular formula is C17H21N3O3S. The Morgan fingerprint density at radius 2 is 2.04 bits per heavy atom. The SMILES string of the molecule is CCOC(=O)CCCc1csc(NC(=O)NCc2ccccc2)n1. The van der Waals surface area contributed by atoms with Gasteiger partial charge in [0.2, 0.25) is 0 Å². The van der Waals surface area contributed by atoms with Crippen molar-refractivity contribution < 1.29 is 14.3 Å². The number of carbonyl (C=O) groups is 2. The fraction of sp³-hybridized carbons (Fsp3) is 0.353. The number of amides is 2. The lowest BCUT2D eigenvalue weighted by Crippen LogP contribution is -2.28. The van der Waals surface area contributed by atoms with E-state index < -0.39 is 0 Å². The number of anilines is 1. The van der Waals surface area contributed by atoms with Gasteiger partial charge in [0.25, 0.3) is 0 Å². The highest BCUT2D eigenvalue weighted by molar-refractivity contribution is 7.13. The predicted octanol–water partition coefficient (Wildman–Crippen LogP) is 3.35. The zero-order valence-corrected chi connectivity index (χ0v) is 14.4. The summed E-state index contributed by atoms with van der Waals surface area (Å²) in [6.07, 6.45) is 1.75. The van der Waals surface area contributed by atoms with E-state index in [4.69, 9.17) is 4.74 Å². The maximum absolute atomic E-state index is 11.9. The average Bonchev–Trinajstić information content (AvgIpc) is 3.01. The number of ether oxygens (including phenoxy) is 1. The van der Waals surface area contributed by atoms with Crippen molar-refractivity contribution in [2.45, 2.75) is 32.7 Å². The molecular weight excluding hydrogens is 326 g/mol. The summed E-state index contributed by atoms with van der Waals surface area (Å²) < 4.78 is 4.88. The van der Waals surface area contributed by atoms with Crippen LogP contribution in [0.3, 0.4) is 0 Å². The third-order valence-electron chi connectivity index (χ3n) is 3.19. The first-order valence-electron chi connectivity index (χ1n) is 7.86. The lowest BCUT2D eigenvalue weighted by Gasteiger charge is -2.05. The van der Waals surface area contributed by atoms with Crippen LogP contribution in [0.1, 0.15) is 31.0 Å². The van der Waals surface area contributed by atoms with Gasteiger partial charge in [-0.3, -0.25) is 10.1 Å². The first-order valence-corrected chi connectivity index (χ1v) is 8.74. The van der Waals surface area contributed by atoms with Gasteiger partial charge in [-0.15, -0.1) is 11.3 Å². The molecule has 0 atom stereocenters. The second-order valence-corrected chi connectivity index (χ2v) is 5.95. The average molecular weight is 347 g/mol. The number of hydrogen-bond donors (Lipinski definition) is 2. The van der Waals surface area contributed by atoms with E-state index in [-0.39, 0.29) is 12.0 Å². The van der Waals surface area contributed by atoms with Gasteiger partial charge in [0.05, 0.1) is 12.3 Å². The number of aryl methyl sites for hydroxylation is 1. The van der Waals surface area contributed by atoms with E-state index in [0.29, 0.717) is 37.5 Å². The quantitative estimate of drug-likeness (QED) is 0.718. The monoisotopic (exact) mass is 347 g/mol. The van der Waals surface area contributed by atoms with Crippen molar-refractivity contribution in [2.24, 2.45) is 0 Å². The molecule has 0 aliphatic carbocycles. The number of nitrogens with zero attached hydrogens (tertiary/aromatic N) is 1. The lowest BCUT2D eigenvalue weighted by atomic mass is 10.2. The molecule has 0 bridgehead atoms. The van der Waals surface area contributed by atoms with Crippen LogP contribution in [0.15, 0.2) is 35.7 Å². The van der Waals surface area contributed by atoms with Gasteiger partial charge in [0.15, 0.2) is 5.13 Å². The normalized spacial score (nSPS) is 10.2.